The fourth-order valence-electron chi connectivity index (χ4n) is 2.42. The number of methoxy groups -OCH3 is 1. The van der Waals surface area contributed by atoms with Crippen molar-refractivity contribution in [1.82, 2.24) is 9.97 Å². The summed E-state index contributed by atoms with van der Waals surface area (Å²) in [7, 11) is 1.38. The molecule has 1 N–H and O–H groups in total. The van der Waals surface area contributed by atoms with E-state index in [2.05, 4.69) is 22.1 Å². The normalized spacial score (nSPS) is 10.7. The first-order valence-electron chi connectivity index (χ1n) is 6.87. The summed E-state index contributed by atoms with van der Waals surface area (Å²) in [6.07, 6.45) is 3.45. The van der Waals surface area contributed by atoms with Gasteiger partial charge < -0.3 is 9.72 Å². The summed E-state index contributed by atoms with van der Waals surface area (Å²) in [6, 6.07) is 14.0. The van der Waals surface area contributed by atoms with Crippen molar-refractivity contribution in [3.8, 4) is 0 Å². The van der Waals surface area contributed by atoms with Crippen molar-refractivity contribution in [3.05, 3.63) is 65.5 Å². The zero-order valence-corrected chi connectivity index (χ0v) is 11.8. The number of carbonyl (C=O) groups excluding carboxylic acids is 1. The van der Waals surface area contributed by atoms with Crippen LogP contribution in [-0.4, -0.2) is 23.0 Å². The third-order valence-electron chi connectivity index (χ3n) is 3.51. The molecule has 106 valence electrons. The van der Waals surface area contributed by atoms with Crippen LogP contribution in [0.5, 0.6) is 0 Å². The van der Waals surface area contributed by atoms with E-state index >= 15 is 0 Å². The predicted molar refractivity (Wildman–Crippen MR) is 81.3 cm³/mol. The number of ether oxygens (including phenoxy) is 1. The summed E-state index contributed by atoms with van der Waals surface area (Å²) in [5, 5.41) is 0. The Labute approximate surface area is 122 Å². The van der Waals surface area contributed by atoms with Gasteiger partial charge in [0.15, 0.2) is 0 Å². The molecule has 0 fully saturated rings. The highest BCUT2D eigenvalue weighted by Crippen LogP contribution is 2.19. The van der Waals surface area contributed by atoms with Gasteiger partial charge in [0.1, 0.15) is 0 Å². The van der Waals surface area contributed by atoms with Crippen molar-refractivity contribution in [3.63, 3.8) is 0 Å². The number of hydrogen-bond donors (Lipinski definition) is 1. The monoisotopic (exact) mass is 280 g/mol. The Bertz CT molecular complexity index is 763. The molecule has 3 aromatic rings. The average Bonchev–Trinajstić information content (AvgIpc) is 2.96. The smallest absolute Gasteiger partial charge is 0.340 e. The number of aromatic amines is 1. The Morgan fingerprint density at radius 1 is 1.19 bits per heavy atom. The van der Waals surface area contributed by atoms with Crippen molar-refractivity contribution in [1.29, 1.82) is 0 Å². The molecule has 0 saturated carbocycles. The molecule has 0 aliphatic heterocycles. The van der Waals surface area contributed by atoms with E-state index in [1.165, 1.54) is 12.7 Å². The predicted octanol–water partition coefficient (Wildman–Crippen LogP) is 3.13. The average molecular weight is 280 g/mol. The number of fused-ring (bicyclic) bond motifs is 1. The van der Waals surface area contributed by atoms with Crippen LogP contribution in [0.25, 0.3) is 11.0 Å². The number of carbonyl (C=O) groups is 1. The van der Waals surface area contributed by atoms with Gasteiger partial charge in [-0.1, -0.05) is 30.3 Å². The zero-order chi connectivity index (χ0) is 14.7. The lowest BCUT2D eigenvalue weighted by atomic mass is 10.1. The van der Waals surface area contributed by atoms with Crippen LogP contribution in [0, 0.1) is 0 Å². The molecule has 4 heteroatoms. The number of rotatable bonds is 4. The Kier molecular flexibility index (Phi) is 3.69. The number of pyridine rings is 1. The molecular weight excluding hydrogens is 264 g/mol. The van der Waals surface area contributed by atoms with Gasteiger partial charge in [-0.2, -0.15) is 0 Å². The van der Waals surface area contributed by atoms with Gasteiger partial charge in [-0.15, -0.1) is 0 Å². The van der Waals surface area contributed by atoms with Crippen LogP contribution < -0.4 is 0 Å². The van der Waals surface area contributed by atoms with Crippen molar-refractivity contribution in [2.75, 3.05) is 7.11 Å². The minimum atomic E-state index is -0.348. The quantitative estimate of drug-likeness (QED) is 0.747. The number of nitrogens with zero attached hydrogens (tertiary/aromatic N) is 1. The largest absolute Gasteiger partial charge is 0.465 e. The maximum absolute atomic E-state index is 11.7. The lowest BCUT2D eigenvalue weighted by molar-refractivity contribution is 0.0602. The number of aryl methyl sites for hydroxylation is 2. The summed E-state index contributed by atoms with van der Waals surface area (Å²) < 4.78 is 4.80. The third kappa shape index (κ3) is 2.79. The van der Waals surface area contributed by atoms with E-state index in [-0.39, 0.29) is 5.97 Å². The summed E-state index contributed by atoms with van der Waals surface area (Å²) in [6.45, 7) is 0. The van der Waals surface area contributed by atoms with Crippen molar-refractivity contribution >= 4 is 17.0 Å². The van der Waals surface area contributed by atoms with Gasteiger partial charge in [-0.25, -0.2) is 4.79 Å². The van der Waals surface area contributed by atoms with Crippen LogP contribution in [0.4, 0.5) is 0 Å². The maximum Gasteiger partial charge on any atom is 0.340 e. The summed E-state index contributed by atoms with van der Waals surface area (Å²) in [5.74, 6) is -0.348. The zero-order valence-electron chi connectivity index (χ0n) is 11.8. The SMILES string of the molecule is COC(=O)c1ccnc2cc(CCc3ccccc3)[nH]c12. The molecule has 1 aromatic carbocycles. The third-order valence-corrected chi connectivity index (χ3v) is 3.51. The maximum atomic E-state index is 11.7. The molecule has 2 aromatic heterocycles. The van der Waals surface area contributed by atoms with Crippen molar-refractivity contribution in [2.45, 2.75) is 12.8 Å². The van der Waals surface area contributed by atoms with E-state index in [0.29, 0.717) is 5.56 Å². The van der Waals surface area contributed by atoms with Gasteiger partial charge in [0, 0.05) is 11.9 Å². The first-order chi connectivity index (χ1) is 10.3. The number of nitrogens with one attached hydrogen (secondary N) is 1. The fourth-order valence-corrected chi connectivity index (χ4v) is 2.42. The van der Waals surface area contributed by atoms with Gasteiger partial charge in [-0.05, 0) is 30.5 Å². The molecule has 3 rings (SSSR count). The molecule has 0 spiro atoms. The highest BCUT2D eigenvalue weighted by atomic mass is 16.5. The Morgan fingerprint density at radius 2 is 2.00 bits per heavy atom. The van der Waals surface area contributed by atoms with Gasteiger partial charge in [0.2, 0.25) is 0 Å². The van der Waals surface area contributed by atoms with Crippen LogP contribution in [0.15, 0.2) is 48.7 Å². The van der Waals surface area contributed by atoms with Crippen LogP contribution in [0.3, 0.4) is 0 Å². The number of esters is 1. The van der Waals surface area contributed by atoms with E-state index in [1.54, 1.807) is 12.3 Å². The standard InChI is InChI=1S/C17H16N2O2/c1-21-17(20)14-9-10-18-15-11-13(19-16(14)15)8-7-12-5-3-2-4-6-12/h2-6,9-11,19H,7-8H2,1H3. The first-order valence-corrected chi connectivity index (χ1v) is 6.87. The van der Waals surface area contributed by atoms with Crippen LogP contribution >= 0.6 is 0 Å². The van der Waals surface area contributed by atoms with Gasteiger partial charge >= 0.3 is 5.97 Å². The molecule has 0 saturated heterocycles. The number of hydrogen-bond acceptors (Lipinski definition) is 3. The lowest BCUT2D eigenvalue weighted by Crippen LogP contribution is -2.02. The first kappa shape index (κ1) is 13.4. The minimum absolute atomic E-state index is 0.348. The van der Waals surface area contributed by atoms with Gasteiger partial charge in [0.25, 0.3) is 0 Å². The summed E-state index contributed by atoms with van der Waals surface area (Å²) >= 11 is 0. The van der Waals surface area contributed by atoms with Gasteiger partial charge in [-0.3, -0.25) is 4.98 Å². The summed E-state index contributed by atoms with van der Waals surface area (Å²) in [4.78, 5) is 19.3. The van der Waals surface area contributed by atoms with E-state index in [1.807, 2.05) is 24.3 Å². The minimum Gasteiger partial charge on any atom is -0.465 e. The molecule has 0 atom stereocenters. The second-order valence-electron chi connectivity index (χ2n) is 4.89. The van der Waals surface area contributed by atoms with E-state index < -0.39 is 0 Å². The molecule has 0 bridgehead atoms. The number of benzene rings is 1. The topological polar surface area (TPSA) is 55.0 Å². The molecule has 0 aliphatic rings. The molecular formula is C17H16N2O2. The van der Waals surface area contributed by atoms with Crippen LogP contribution in [0.2, 0.25) is 0 Å². The molecule has 4 nitrogen and oxygen atoms in total. The Hall–Kier alpha value is -2.62. The van der Waals surface area contributed by atoms with Crippen molar-refractivity contribution < 1.29 is 9.53 Å². The molecule has 0 amide bonds. The molecule has 0 unspecified atom stereocenters. The molecule has 0 radical (unpaired) electrons. The highest BCUT2D eigenvalue weighted by molar-refractivity contribution is 6.01. The fraction of sp³-hybridized carbons (Fsp3) is 0.176. The van der Waals surface area contributed by atoms with E-state index in [9.17, 15) is 4.79 Å². The summed E-state index contributed by atoms with van der Waals surface area (Å²) in [5.41, 5.74) is 4.41. The Balaban J connectivity index is 1.86. The van der Waals surface area contributed by atoms with Gasteiger partial charge in [0.05, 0.1) is 23.7 Å². The number of H-pyrrole nitrogens is 1. The van der Waals surface area contributed by atoms with Crippen LogP contribution in [0.1, 0.15) is 21.6 Å². The van der Waals surface area contributed by atoms with Crippen molar-refractivity contribution in [2.24, 2.45) is 0 Å². The van der Waals surface area contributed by atoms with E-state index in [4.69, 9.17) is 4.74 Å². The molecule has 21 heavy (non-hydrogen) atoms. The Morgan fingerprint density at radius 3 is 2.76 bits per heavy atom. The van der Waals surface area contributed by atoms with Crippen LogP contribution in [-0.2, 0) is 17.6 Å². The lowest BCUT2D eigenvalue weighted by Gasteiger charge is -2.00. The second-order valence-corrected chi connectivity index (χ2v) is 4.89. The highest BCUT2D eigenvalue weighted by Gasteiger charge is 2.13. The number of aromatic nitrogens is 2. The van der Waals surface area contributed by atoms with E-state index in [0.717, 1.165) is 29.6 Å². The molecule has 2 heterocycles. The molecule has 0 aliphatic carbocycles. The second kappa shape index (κ2) is 5.79.